The van der Waals surface area contributed by atoms with Gasteiger partial charge in [-0.05, 0) is 60.6 Å². The van der Waals surface area contributed by atoms with Crippen LogP contribution >= 0.6 is 11.8 Å². The molecule has 0 atom stereocenters. The summed E-state index contributed by atoms with van der Waals surface area (Å²) in [4.78, 5) is 13.3. The quantitative estimate of drug-likeness (QED) is 0.389. The molecule has 0 bridgehead atoms. The zero-order chi connectivity index (χ0) is 22.0. The van der Waals surface area contributed by atoms with Crippen molar-refractivity contribution >= 4 is 27.7 Å². The molecule has 0 aliphatic heterocycles. The van der Waals surface area contributed by atoms with E-state index in [0.29, 0.717) is 32.5 Å². The minimum Gasteiger partial charge on any atom is -0.356 e. The van der Waals surface area contributed by atoms with Crippen molar-refractivity contribution in [2.45, 2.75) is 42.9 Å². The van der Waals surface area contributed by atoms with Crippen LogP contribution in [0, 0.1) is 5.82 Å². The number of thioether (sulfide) groups is 1. The summed E-state index contributed by atoms with van der Waals surface area (Å²) < 4.78 is 39.3. The lowest BCUT2D eigenvalue weighted by Crippen LogP contribution is -2.30. The molecule has 0 heterocycles. The van der Waals surface area contributed by atoms with Crippen molar-refractivity contribution in [2.75, 3.05) is 25.4 Å². The van der Waals surface area contributed by atoms with E-state index in [4.69, 9.17) is 0 Å². The van der Waals surface area contributed by atoms with E-state index in [1.807, 2.05) is 13.8 Å². The summed E-state index contributed by atoms with van der Waals surface area (Å²) >= 11 is 1.63. The molecule has 30 heavy (non-hydrogen) atoms. The Labute approximate surface area is 183 Å². The Balaban J connectivity index is 1.70. The molecule has 2 aromatic rings. The molecule has 0 fully saturated rings. The molecule has 164 valence electrons. The predicted molar refractivity (Wildman–Crippen MR) is 120 cm³/mol. The van der Waals surface area contributed by atoms with Crippen LogP contribution in [0.4, 0.5) is 4.39 Å². The van der Waals surface area contributed by atoms with Crippen LogP contribution in [-0.2, 0) is 21.2 Å². The Bertz CT molecular complexity index is 897. The van der Waals surface area contributed by atoms with E-state index >= 15 is 0 Å². The number of carbonyl (C=O) groups is 1. The molecule has 0 aliphatic rings. The number of nitrogens with one attached hydrogen (secondary N) is 1. The highest BCUT2D eigenvalue weighted by atomic mass is 32.2. The van der Waals surface area contributed by atoms with E-state index in [1.54, 1.807) is 48.2 Å². The van der Waals surface area contributed by atoms with Gasteiger partial charge in [0.05, 0.1) is 4.90 Å². The summed E-state index contributed by atoms with van der Waals surface area (Å²) in [6, 6.07) is 13.1. The van der Waals surface area contributed by atoms with Crippen LogP contribution in [-0.4, -0.2) is 44.0 Å². The molecule has 0 spiro atoms. The van der Waals surface area contributed by atoms with Crippen molar-refractivity contribution in [2.24, 2.45) is 0 Å². The lowest BCUT2D eigenvalue weighted by molar-refractivity contribution is -0.121. The van der Waals surface area contributed by atoms with Crippen molar-refractivity contribution in [1.29, 1.82) is 0 Å². The molecule has 2 rings (SSSR count). The second-order valence-corrected chi connectivity index (χ2v) is 9.85. The van der Waals surface area contributed by atoms with E-state index in [9.17, 15) is 17.6 Å². The first-order chi connectivity index (χ1) is 14.4. The van der Waals surface area contributed by atoms with Gasteiger partial charge in [-0.25, -0.2) is 12.8 Å². The summed E-state index contributed by atoms with van der Waals surface area (Å²) in [5.74, 6) is 0.572. The second-order valence-electron chi connectivity index (χ2n) is 6.74. The topological polar surface area (TPSA) is 66.5 Å². The predicted octanol–water partition coefficient (Wildman–Crippen LogP) is 4.09. The number of sulfonamides is 1. The molecule has 2 aromatic carbocycles. The highest BCUT2D eigenvalue weighted by Gasteiger charge is 2.21. The van der Waals surface area contributed by atoms with Crippen LogP contribution in [0.15, 0.2) is 58.3 Å². The average molecular weight is 453 g/mol. The fraction of sp³-hybridized carbons (Fsp3) is 0.409. The van der Waals surface area contributed by atoms with Crippen molar-refractivity contribution in [1.82, 2.24) is 9.62 Å². The Morgan fingerprint density at radius 3 is 2.27 bits per heavy atom. The summed E-state index contributed by atoms with van der Waals surface area (Å²) in [5, 5.41) is 2.90. The standard InChI is InChI=1S/C22H29FN2O3S2/c1-3-25(4-2)30(27,28)21-13-6-18(7-14-21)8-15-22(26)24-16-5-17-29-20-11-9-19(23)10-12-20/h6-7,9-14H,3-5,8,15-17H2,1-2H3,(H,24,26). The number of benzene rings is 2. The van der Waals surface area contributed by atoms with Crippen molar-refractivity contribution < 1.29 is 17.6 Å². The van der Waals surface area contributed by atoms with Crippen molar-refractivity contribution in [3.63, 3.8) is 0 Å². The molecule has 8 heteroatoms. The molecule has 0 radical (unpaired) electrons. The molecule has 1 amide bonds. The third-order valence-corrected chi connectivity index (χ3v) is 7.80. The van der Waals surface area contributed by atoms with Gasteiger partial charge in [0.25, 0.3) is 0 Å². The van der Waals surface area contributed by atoms with Crippen LogP contribution in [0.5, 0.6) is 0 Å². The number of nitrogens with zero attached hydrogens (tertiary/aromatic N) is 1. The van der Waals surface area contributed by atoms with Crippen LogP contribution in [0.3, 0.4) is 0 Å². The third kappa shape index (κ3) is 7.41. The first-order valence-electron chi connectivity index (χ1n) is 10.1. The minimum absolute atomic E-state index is 0.0263. The lowest BCUT2D eigenvalue weighted by Gasteiger charge is -2.18. The normalized spacial score (nSPS) is 11.6. The molecule has 5 nitrogen and oxygen atoms in total. The Kier molecular flexibility index (Phi) is 9.81. The van der Waals surface area contributed by atoms with Gasteiger partial charge in [-0.3, -0.25) is 4.79 Å². The van der Waals surface area contributed by atoms with Gasteiger partial charge in [0, 0.05) is 31.0 Å². The molecule has 0 saturated carbocycles. The fourth-order valence-corrected chi connectivity index (χ4v) is 5.22. The second kappa shape index (κ2) is 12.1. The van der Waals surface area contributed by atoms with Crippen molar-refractivity contribution in [3.05, 3.63) is 59.9 Å². The molecule has 0 saturated heterocycles. The number of carbonyl (C=O) groups excluding carboxylic acids is 1. The highest BCUT2D eigenvalue weighted by molar-refractivity contribution is 7.99. The summed E-state index contributed by atoms with van der Waals surface area (Å²) in [5.41, 5.74) is 0.926. The monoisotopic (exact) mass is 452 g/mol. The van der Waals surface area contributed by atoms with E-state index in [-0.39, 0.29) is 16.6 Å². The first kappa shape index (κ1) is 24.4. The zero-order valence-corrected chi connectivity index (χ0v) is 19.1. The van der Waals surface area contributed by atoms with E-state index in [2.05, 4.69) is 5.32 Å². The van der Waals surface area contributed by atoms with E-state index < -0.39 is 10.0 Å². The minimum atomic E-state index is -3.46. The number of aryl methyl sites for hydroxylation is 1. The zero-order valence-electron chi connectivity index (χ0n) is 17.4. The smallest absolute Gasteiger partial charge is 0.243 e. The van der Waals surface area contributed by atoms with Gasteiger partial charge in [-0.1, -0.05) is 26.0 Å². The molecule has 0 aromatic heterocycles. The Morgan fingerprint density at radius 1 is 1.03 bits per heavy atom. The van der Waals surface area contributed by atoms with Crippen molar-refractivity contribution in [3.8, 4) is 0 Å². The average Bonchev–Trinajstić information content (AvgIpc) is 2.74. The van der Waals surface area contributed by atoms with Gasteiger partial charge in [-0.15, -0.1) is 11.8 Å². The van der Waals surface area contributed by atoms with Gasteiger partial charge < -0.3 is 5.32 Å². The molecule has 1 N–H and O–H groups in total. The largest absolute Gasteiger partial charge is 0.356 e. The number of hydrogen-bond donors (Lipinski definition) is 1. The fourth-order valence-electron chi connectivity index (χ4n) is 2.91. The van der Waals surface area contributed by atoms with Gasteiger partial charge >= 0.3 is 0 Å². The maximum atomic E-state index is 12.9. The Hall–Kier alpha value is -1.90. The molecular formula is C22H29FN2O3S2. The van der Waals surface area contributed by atoms with Crippen LogP contribution in [0.2, 0.25) is 0 Å². The highest BCUT2D eigenvalue weighted by Crippen LogP contribution is 2.19. The van der Waals surface area contributed by atoms with Gasteiger partial charge in [-0.2, -0.15) is 4.31 Å². The number of halogens is 1. The Morgan fingerprint density at radius 2 is 1.67 bits per heavy atom. The van der Waals surface area contributed by atoms with E-state index in [1.165, 1.54) is 16.4 Å². The summed E-state index contributed by atoms with van der Waals surface area (Å²) in [6.45, 7) is 5.09. The van der Waals surface area contributed by atoms with Crippen LogP contribution < -0.4 is 5.32 Å². The van der Waals surface area contributed by atoms with Gasteiger partial charge in [0.1, 0.15) is 5.82 Å². The molecule has 0 aliphatic carbocycles. The third-order valence-electron chi connectivity index (χ3n) is 4.63. The number of hydrogen-bond acceptors (Lipinski definition) is 4. The van der Waals surface area contributed by atoms with Gasteiger partial charge in [0.15, 0.2) is 0 Å². The number of amides is 1. The summed E-state index contributed by atoms with van der Waals surface area (Å²) in [7, 11) is -3.46. The lowest BCUT2D eigenvalue weighted by atomic mass is 10.1. The van der Waals surface area contributed by atoms with Gasteiger partial charge in [0.2, 0.25) is 15.9 Å². The van der Waals surface area contributed by atoms with E-state index in [0.717, 1.165) is 22.6 Å². The van der Waals surface area contributed by atoms with Crippen LogP contribution in [0.25, 0.3) is 0 Å². The SMILES string of the molecule is CCN(CC)S(=O)(=O)c1ccc(CCC(=O)NCCCSc2ccc(F)cc2)cc1. The number of rotatable bonds is 12. The first-order valence-corrected chi connectivity index (χ1v) is 12.5. The molecular weight excluding hydrogens is 423 g/mol. The van der Waals surface area contributed by atoms with Crippen LogP contribution in [0.1, 0.15) is 32.3 Å². The maximum Gasteiger partial charge on any atom is 0.243 e. The molecule has 0 unspecified atom stereocenters. The maximum absolute atomic E-state index is 12.9. The summed E-state index contributed by atoms with van der Waals surface area (Å²) in [6.07, 6.45) is 1.74.